The van der Waals surface area contributed by atoms with Gasteiger partial charge >= 0.3 is 6.18 Å². The molecule has 1 N–H and O–H groups in total. The zero-order chi connectivity index (χ0) is 18.9. The van der Waals surface area contributed by atoms with Crippen LogP contribution in [0.4, 0.5) is 18.9 Å². The maximum atomic E-state index is 13.0. The van der Waals surface area contributed by atoms with Crippen LogP contribution in [-0.2, 0) is 28.8 Å². The lowest BCUT2D eigenvalue weighted by atomic mass is 10.1. The number of aromatic nitrogens is 2. The fourth-order valence-electron chi connectivity index (χ4n) is 2.08. The molecule has 0 radical (unpaired) electrons. The molecule has 0 saturated carbocycles. The Morgan fingerprint density at radius 3 is 2.52 bits per heavy atom. The molecule has 1 amide bonds. The van der Waals surface area contributed by atoms with Crippen molar-refractivity contribution in [2.24, 2.45) is 7.05 Å². The van der Waals surface area contributed by atoms with Crippen molar-refractivity contribution in [3.05, 3.63) is 28.8 Å². The molecule has 1 aromatic heterocycles. The minimum Gasteiger partial charge on any atom is -0.436 e. The van der Waals surface area contributed by atoms with Crippen LogP contribution in [0.25, 0.3) is 0 Å². The molecular formula is C14H13ClF3N3O3S. The Hall–Kier alpha value is -2.07. The SMILES string of the molecule is CC(=O)Nc1cc(Oc2nn(C)c(S(C)=O)c2Cl)ccc1C(F)(F)F. The summed E-state index contributed by atoms with van der Waals surface area (Å²) in [5.41, 5.74) is -1.47. The molecule has 0 aliphatic rings. The van der Waals surface area contributed by atoms with Crippen molar-refractivity contribution in [3.8, 4) is 11.6 Å². The van der Waals surface area contributed by atoms with Crippen molar-refractivity contribution < 1.29 is 26.9 Å². The van der Waals surface area contributed by atoms with E-state index in [9.17, 15) is 22.2 Å². The second-order valence-corrected chi connectivity index (χ2v) is 6.66. The number of halogens is 4. The number of alkyl halides is 3. The van der Waals surface area contributed by atoms with Gasteiger partial charge in [0.05, 0.1) is 22.1 Å². The summed E-state index contributed by atoms with van der Waals surface area (Å²) < 4.78 is 57.3. The topological polar surface area (TPSA) is 73.2 Å². The van der Waals surface area contributed by atoms with E-state index < -0.39 is 34.1 Å². The molecule has 0 bridgehead atoms. The largest absolute Gasteiger partial charge is 0.436 e. The van der Waals surface area contributed by atoms with Gasteiger partial charge in [0.1, 0.15) is 15.8 Å². The number of carbonyl (C=O) groups is 1. The number of nitrogens with zero attached hydrogens (tertiary/aromatic N) is 2. The fraction of sp³-hybridized carbons (Fsp3) is 0.286. The number of anilines is 1. The summed E-state index contributed by atoms with van der Waals surface area (Å²) in [5.74, 6) is -0.796. The van der Waals surface area contributed by atoms with Crippen molar-refractivity contribution in [1.29, 1.82) is 0 Å². The van der Waals surface area contributed by atoms with Gasteiger partial charge in [0.15, 0.2) is 0 Å². The van der Waals surface area contributed by atoms with Crippen molar-refractivity contribution in [2.45, 2.75) is 18.1 Å². The highest BCUT2D eigenvalue weighted by Crippen LogP contribution is 2.39. The summed E-state index contributed by atoms with van der Waals surface area (Å²) in [7, 11) is 0.0708. The van der Waals surface area contributed by atoms with Gasteiger partial charge in [-0.1, -0.05) is 11.6 Å². The molecule has 1 aromatic carbocycles. The van der Waals surface area contributed by atoms with E-state index in [-0.39, 0.29) is 21.7 Å². The lowest BCUT2D eigenvalue weighted by molar-refractivity contribution is -0.137. The molecular weight excluding hydrogens is 383 g/mol. The van der Waals surface area contributed by atoms with Crippen LogP contribution in [0.1, 0.15) is 12.5 Å². The van der Waals surface area contributed by atoms with E-state index in [1.54, 1.807) is 0 Å². The Morgan fingerprint density at radius 2 is 2.04 bits per heavy atom. The van der Waals surface area contributed by atoms with Crippen molar-refractivity contribution in [3.63, 3.8) is 0 Å². The van der Waals surface area contributed by atoms with Gasteiger partial charge < -0.3 is 10.1 Å². The molecule has 6 nitrogen and oxygen atoms in total. The van der Waals surface area contributed by atoms with Crippen molar-refractivity contribution in [2.75, 3.05) is 11.6 Å². The molecule has 1 unspecified atom stereocenters. The molecule has 0 spiro atoms. The highest BCUT2D eigenvalue weighted by Gasteiger charge is 2.34. The molecule has 11 heteroatoms. The van der Waals surface area contributed by atoms with E-state index >= 15 is 0 Å². The minimum absolute atomic E-state index is 0.00990. The summed E-state index contributed by atoms with van der Waals surface area (Å²) in [6, 6.07) is 2.86. The molecule has 1 atom stereocenters. The first-order valence-corrected chi connectivity index (χ1v) is 8.67. The molecule has 0 aliphatic carbocycles. The van der Waals surface area contributed by atoms with E-state index in [4.69, 9.17) is 16.3 Å². The molecule has 25 heavy (non-hydrogen) atoms. The Balaban J connectivity index is 2.43. The zero-order valence-electron chi connectivity index (χ0n) is 13.3. The minimum atomic E-state index is -4.65. The summed E-state index contributed by atoms with van der Waals surface area (Å²) >= 11 is 6.05. The van der Waals surface area contributed by atoms with E-state index in [2.05, 4.69) is 10.4 Å². The highest BCUT2D eigenvalue weighted by atomic mass is 35.5. The number of carbonyl (C=O) groups excluding carboxylic acids is 1. The van der Waals surface area contributed by atoms with Crippen molar-refractivity contribution >= 4 is 34.0 Å². The van der Waals surface area contributed by atoms with Gasteiger partial charge in [0, 0.05) is 26.3 Å². The van der Waals surface area contributed by atoms with E-state index in [0.717, 1.165) is 25.1 Å². The number of benzene rings is 1. The van der Waals surface area contributed by atoms with Crippen LogP contribution in [0.5, 0.6) is 11.6 Å². The number of aryl methyl sites for hydroxylation is 1. The standard InChI is InChI=1S/C14H13ClF3N3O3S/c1-7(22)19-10-6-8(4-5-9(10)14(16,17)18)24-12-11(15)13(25(3)23)21(2)20-12/h4-6H,1-3H3,(H,19,22). The van der Waals surface area contributed by atoms with Crippen LogP contribution in [0.3, 0.4) is 0 Å². The Labute approximate surface area is 148 Å². The second kappa shape index (κ2) is 7.04. The van der Waals surface area contributed by atoms with Crippen LogP contribution in [0.2, 0.25) is 5.02 Å². The molecule has 0 saturated heterocycles. The first kappa shape index (κ1) is 19.3. The Morgan fingerprint density at radius 1 is 1.40 bits per heavy atom. The Bertz CT molecular complexity index is 852. The van der Waals surface area contributed by atoms with Gasteiger partial charge in [-0.25, -0.2) is 0 Å². The molecule has 2 aromatic rings. The van der Waals surface area contributed by atoms with E-state index in [1.165, 1.54) is 18.0 Å². The third-order valence-corrected chi connectivity index (χ3v) is 4.47. The fourth-order valence-corrected chi connectivity index (χ4v) is 3.35. The monoisotopic (exact) mass is 395 g/mol. The smallest absolute Gasteiger partial charge is 0.418 e. The molecule has 2 rings (SSSR count). The number of rotatable bonds is 4. The third kappa shape index (κ3) is 4.31. The lowest BCUT2D eigenvalue weighted by Crippen LogP contribution is -2.13. The van der Waals surface area contributed by atoms with Crippen LogP contribution in [0, 0.1) is 0 Å². The summed E-state index contributed by atoms with van der Waals surface area (Å²) in [6.45, 7) is 1.09. The van der Waals surface area contributed by atoms with Crippen molar-refractivity contribution in [1.82, 2.24) is 9.78 Å². The second-order valence-electron chi connectivity index (χ2n) is 4.99. The maximum Gasteiger partial charge on any atom is 0.418 e. The van der Waals surface area contributed by atoms with Gasteiger partial charge in [-0.15, -0.1) is 5.10 Å². The Kier molecular flexibility index (Phi) is 5.43. The molecule has 0 aliphatic heterocycles. The first-order chi connectivity index (χ1) is 11.5. The summed E-state index contributed by atoms with van der Waals surface area (Å²) in [6.07, 6.45) is -3.25. The van der Waals surface area contributed by atoms with Crippen LogP contribution < -0.4 is 10.1 Å². The van der Waals surface area contributed by atoms with Gasteiger partial charge in [-0.05, 0) is 12.1 Å². The third-order valence-electron chi connectivity index (χ3n) is 3.00. The number of hydrogen-bond donors (Lipinski definition) is 1. The van der Waals surface area contributed by atoms with Gasteiger partial charge in [0.2, 0.25) is 5.91 Å². The van der Waals surface area contributed by atoms with Gasteiger partial charge in [0.25, 0.3) is 5.88 Å². The van der Waals surface area contributed by atoms with Gasteiger partial charge in [-0.2, -0.15) is 13.2 Å². The lowest BCUT2D eigenvalue weighted by Gasteiger charge is -2.14. The molecule has 0 fully saturated rings. The summed E-state index contributed by atoms with van der Waals surface area (Å²) in [4.78, 5) is 11.1. The number of nitrogens with one attached hydrogen (secondary N) is 1. The average molecular weight is 396 g/mol. The highest BCUT2D eigenvalue weighted by molar-refractivity contribution is 7.84. The van der Waals surface area contributed by atoms with E-state index in [1.807, 2.05) is 0 Å². The summed E-state index contributed by atoms with van der Waals surface area (Å²) in [5, 5.41) is 6.26. The number of hydrogen-bond acceptors (Lipinski definition) is 4. The number of ether oxygens (including phenoxy) is 1. The molecule has 136 valence electrons. The van der Waals surface area contributed by atoms with Crippen LogP contribution in [0.15, 0.2) is 23.2 Å². The maximum absolute atomic E-state index is 13.0. The zero-order valence-corrected chi connectivity index (χ0v) is 14.8. The average Bonchev–Trinajstić information content (AvgIpc) is 2.71. The predicted octanol–water partition coefficient (Wildman–Crippen LogP) is 3.58. The predicted molar refractivity (Wildman–Crippen MR) is 86.4 cm³/mol. The van der Waals surface area contributed by atoms with E-state index in [0.29, 0.717) is 0 Å². The normalized spacial score (nSPS) is 12.8. The van der Waals surface area contributed by atoms with Crippen LogP contribution >= 0.6 is 11.6 Å². The number of amides is 1. The van der Waals surface area contributed by atoms with Gasteiger partial charge in [-0.3, -0.25) is 13.7 Å². The quantitative estimate of drug-likeness (QED) is 0.858. The van der Waals surface area contributed by atoms with Crippen LogP contribution in [-0.4, -0.2) is 26.2 Å². The first-order valence-electron chi connectivity index (χ1n) is 6.73. The molecule has 1 heterocycles.